The van der Waals surface area contributed by atoms with Gasteiger partial charge in [-0.1, -0.05) is 0 Å². The third kappa shape index (κ3) is 11.9. The molecule has 0 bridgehead atoms. The van der Waals surface area contributed by atoms with Crippen LogP contribution in [0.1, 0.15) is 0 Å². The Bertz CT molecular complexity index is 536. The van der Waals surface area contributed by atoms with Crippen LogP contribution in [0.15, 0.2) is 0 Å². The van der Waals surface area contributed by atoms with Gasteiger partial charge in [-0.2, -0.15) is 0 Å². The molecule has 30 heavy (non-hydrogen) atoms. The van der Waals surface area contributed by atoms with Crippen molar-refractivity contribution < 1.29 is 24.3 Å². The molecule has 0 aromatic carbocycles. The van der Waals surface area contributed by atoms with Crippen LogP contribution in [0.5, 0.6) is 0 Å². The molecule has 0 aromatic rings. The molecule has 0 spiro atoms. The molecule has 0 unspecified atom stereocenters. The van der Waals surface area contributed by atoms with Crippen molar-refractivity contribution in [2.75, 3.05) is 98.7 Å². The minimum atomic E-state index is -0.905. The van der Waals surface area contributed by atoms with Crippen molar-refractivity contribution in [1.82, 2.24) is 30.2 Å². The molecule has 1 rings (SSSR count). The summed E-state index contributed by atoms with van der Waals surface area (Å²) < 4.78 is 0. The van der Waals surface area contributed by atoms with Crippen LogP contribution in [-0.4, -0.2) is 148 Å². The first-order chi connectivity index (χ1) is 14.5. The van der Waals surface area contributed by atoms with Crippen LogP contribution in [0.4, 0.5) is 0 Å². The third-order valence-electron chi connectivity index (χ3n) is 5.02. The SMILES string of the molecule is CNCCNC(=O)CN1CCN(CC=O)CCN(CC=O)CCN(CC(=O)O)CC1. The van der Waals surface area contributed by atoms with Gasteiger partial charge in [0.25, 0.3) is 0 Å². The number of carbonyl (C=O) groups excluding carboxylic acids is 3. The van der Waals surface area contributed by atoms with E-state index in [0.29, 0.717) is 72.0 Å². The van der Waals surface area contributed by atoms with Gasteiger partial charge in [-0.05, 0) is 7.05 Å². The van der Waals surface area contributed by atoms with E-state index >= 15 is 0 Å². The second-order valence-electron chi connectivity index (χ2n) is 7.33. The molecular weight excluding hydrogens is 392 g/mol. The van der Waals surface area contributed by atoms with Crippen molar-refractivity contribution in [3.05, 3.63) is 0 Å². The largest absolute Gasteiger partial charge is 0.480 e. The van der Waals surface area contributed by atoms with Crippen molar-refractivity contribution >= 4 is 24.4 Å². The van der Waals surface area contributed by atoms with Crippen molar-refractivity contribution in [3.8, 4) is 0 Å². The first kappa shape index (κ1) is 26.1. The Morgan fingerprint density at radius 3 is 1.60 bits per heavy atom. The highest BCUT2D eigenvalue weighted by atomic mass is 16.4. The normalized spacial score (nSPS) is 18.8. The molecule has 1 saturated heterocycles. The van der Waals surface area contributed by atoms with Crippen LogP contribution in [-0.2, 0) is 19.2 Å². The zero-order valence-electron chi connectivity index (χ0n) is 17.9. The topological polar surface area (TPSA) is 126 Å². The first-order valence-corrected chi connectivity index (χ1v) is 10.4. The van der Waals surface area contributed by atoms with Crippen LogP contribution in [0.2, 0.25) is 0 Å². The zero-order chi connectivity index (χ0) is 22.2. The number of hydrogen-bond donors (Lipinski definition) is 3. The van der Waals surface area contributed by atoms with E-state index in [-0.39, 0.29) is 25.5 Å². The van der Waals surface area contributed by atoms with E-state index in [1.54, 1.807) is 0 Å². The lowest BCUT2D eigenvalue weighted by Gasteiger charge is -2.32. The number of rotatable bonds is 11. The summed E-state index contributed by atoms with van der Waals surface area (Å²) in [5.74, 6) is -0.987. The molecule has 0 radical (unpaired) electrons. The average Bonchev–Trinajstić information content (AvgIpc) is 2.69. The molecule has 172 valence electrons. The summed E-state index contributed by atoms with van der Waals surface area (Å²) in [5.41, 5.74) is 0. The van der Waals surface area contributed by atoms with Gasteiger partial charge in [0.05, 0.1) is 26.2 Å². The lowest BCUT2D eigenvalue weighted by atomic mass is 10.3. The van der Waals surface area contributed by atoms with E-state index in [2.05, 4.69) is 10.6 Å². The maximum atomic E-state index is 12.2. The summed E-state index contributed by atoms with van der Waals surface area (Å²) in [6.07, 6.45) is 1.70. The number of aldehydes is 2. The summed E-state index contributed by atoms with van der Waals surface area (Å²) in [5, 5.41) is 15.0. The Hall–Kier alpha value is -1.92. The van der Waals surface area contributed by atoms with Crippen LogP contribution in [0, 0.1) is 0 Å². The molecular formula is C19H36N6O5. The number of nitrogens with one attached hydrogen (secondary N) is 2. The fourth-order valence-corrected chi connectivity index (χ4v) is 3.25. The molecule has 0 aliphatic carbocycles. The average molecular weight is 429 g/mol. The molecule has 0 aromatic heterocycles. The zero-order valence-corrected chi connectivity index (χ0v) is 17.9. The standard InChI is InChI=1S/C19H36N6O5/c1-20-2-3-21-18(28)16-24-8-6-22(12-14-26)4-5-23(13-15-27)7-9-25(11-10-24)17-19(29)30/h14-15,20H,2-13,16-17H2,1H3,(H,21,28)(H,29,30). The smallest absolute Gasteiger partial charge is 0.317 e. The first-order valence-electron chi connectivity index (χ1n) is 10.4. The highest BCUT2D eigenvalue weighted by molar-refractivity contribution is 5.78. The maximum absolute atomic E-state index is 12.2. The highest BCUT2D eigenvalue weighted by Gasteiger charge is 2.19. The van der Waals surface area contributed by atoms with E-state index < -0.39 is 5.97 Å². The fourth-order valence-electron chi connectivity index (χ4n) is 3.25. The van der Waals surface area contributed by atoms with Crippen LogP contribution in [0.25, 0.3) is 0 Å². The van der Waals surface area contributed by atoms with Gasteiger partial charge in [0.2, 0.25) is 5.91 Å². The number of carboxylic acid groups (broad SMARTS) is 1. The number of nitrogens with zero attached hydrogens (tertiary/aromatic N) is 4. The molecule has 1 fully saturated rings. The predicted octanol–water partition coefficient (Wildman–Crippen LogP) is -2.97. The van der Waals surface area contributed by atoms with Gasteiger partial charge in [-0.3, -0.25) is 29.2 Å². The summed E-state index contributed by atoms with van der Waals surface area (Å²) in [4.78, 5) is 53.3. The van der Waals surface area contributed by atoms with Crippen molar-refractivity contribution in [2.45, 2.75) is 0 Å². The number of carboxylic acids is 1. The second-order valence-corrected chi connectivity index (χ2v) is 7.33. The number of carbonyl (C=O) groups is 4. The highest BCUT2D eigenvalue weighted by Crippen LogP contribution is 2.00. The maximum Gasteiger partial charge on any atom is 0.317 e. The van der Waals surface area contributed by atoms with E-state index in [4.69, 9.17) is 0 Å². The summed E-state index contributed by atoms with van der Waals surface area (Å²) in [7, 11) is 1.82. The van der Waals surface area contributed by atoms with Gasteiger partial charge in [0, 0.05) is 65.4 Å². The molecule has 1 amide bonds. The van der Waals surface area contributed by atoms with Crippen molar-refractivity contribution in [1.29, 1.82) is 0 Å². The van der Waals surface area contributed by atoms with Gasteiger partial charge in [-0.15, -0.1) is 0 Å². The number of amides is 1. The van der Waals surface area contributed by atoms with Gasteiger partial charge >= 0.3 is 5.97 Å². The lowest BCUT2D eigenvalue weighted by Crippen LogP contribution is -2.49. The molecule has 0 saturated carbocycles. The molecule has 3 N–H and O–H groups in total. The fraction of sp³-hybridized carbons (Fsp3) is 0.789. The Morgan fingerprint density at radius 1 is 0.767 bits per heavy atom. The minimum Gasteiger partial charge on any atom is -0.480 e. The van der Waals surface area contributed by atoms with Crippen LogP contribution in [0.3, 0.4) is 0 Å². The number of likely N-dealkylation sites (N-methyl/N-ethyl adjacent to an activating group) is 1. The minimum absolute atomic E-state index is 0.0822. The number of aliphatic carboxylic acids is 1. The van der Waals surface area contributed by atoms with Gasteiger partial charge < -0.3 is 25.3 Å². The van der Waals surface area contributed by atoms with Crippen LogP contribution >= 0.6 is 0 Å². The Labute approximate surface area is 178 Å². The molecule has 1 aliphatic rings. The monoisotopic (exact) mass is 428 g/mol. The molecule has 0 atom stereocenters. The molecule has 1 aliphatic heterocycles. The Morgan fingerprint density at radius 2 is 1.20 bits per heavy atom. The number of hydrogen-bond acceptors (Lipinski definition) is 9. The summed E-state index contributed by atoms with van der Waals surface area (Å²) >= 11 is 0. The van der Waals surface area contributed by atoms with Crippen molar-refractivity contribution in [3.63, 3.8) is 0 Å². The molecule has 11 nitrogen and oxygen atoms in total. The van der Waals surface area contributed by atoms with Gasteiger partial charge in [-0.25, -0.2) is 0 Å². The van der Waals surface area contributed by atoms with Gasteiger partial charge in [0.15, 0.2) is 0 Å². The van der Waals surface area contributed by atoms with Crippen LogP contribution < -0.4 is 10.6 Å². The predicted molar refractivity (Wildman–Crippen MR) is 112 cm³/mol. The Balaban J connectivity index is 2.80. The summed E-state index contributed by atoms with van der Waals surface area (Å²) in [6.45, 7) is 6.45. The van der Waals surface area contributed by atoms with E-state index in [1.165, 1.54) is 0 Å². The molecule has 11 heteroatoms. The lowest BCUT2D eigenvalue weighted by molar-refractivity contribution is -0.138. The second kappa shape index (κ2) is 15.9. The van der Waals surface area contributed by atoms with E-state index in [1.807, 2.05) is 26.6 Å². The quantitative estimate of drug-likeness (QED) is 0.232. The van der Waals surface area contributed by atoms with E-state index in [9.17, 15) is 24.3 Å². The third-order valence-corrected chi connectivity index (χ3v) is 5.02. The Kier molecular flexibility index (Phi) is 13.8. The summed E-state index contributed by atoms with van der Waals surface area (Å²) in [6, 6.07) is 0. The van der Waals surface area contributed by atoms with Gasteiger partial charge in [0.1, 0.15) is 12.6 Å². The van der Waals surface area contributed by atoms with Crippen molar-refractivity contribution in [2.24, 2.45) is 0 Å². The molecule has 1 heterocycles. The van der Waals surface area contributed by atoms with E-state index in [0.717, 1.165) is 12.6 Å².